The molecule has 0 saturated carbocycles. The smallest absolute Gasteiger partial charge is 0.457 e. The van der Waals surface area contributed by atoms with Crippen molar-refractivity contribution in [3.8, 4) is 0 Å². The average Bonchev–Trinajstić information content (AvgIpc) is 3.33. The van der Waals surface area contributed by atoms with E-state index in [2.05, 4.69) is 74.6 Å². The maximum absolute atomic E-state index is 12.7. The van der Waals surface area contributed by atoms with E-state index in [1.165, 1.54) is 193 Å². The quantitative estimate of drug-likeness (QED) is 0.0268. The lowest BCUT2D eigenvalue weighted by molar-refractivity contribution is -0.154. The molecule has 0 aliphatic carbocycles. The van der Waals surface area contributed by atoms with Crippen LogP contribution in [-0.2, 0) is 27.9 Å². The van der Waals surface area contributed by atoms with Crippen molar-refractivity contribution < 1.29 is 32.8 Å². The van der Waals surface area contributed by atoms with Crippen molar-refractivity contribution >= 4 is 13.8 Å². The summed E-state index contributed by atoms with van der Waals surface area (Å²) in [5, 5.41) is 0. The van der Waals surface area contributed by atoms with Crippen molar-refractivity contribution in [2.45, 2.75) is 277 Å². The molecular formula is C59H110NO7P. The van der Waals surface area contributed by atoms with Crippen LogP contribution in [0.25, 0.3) is 0 Å². The second kappa shape index (κ2) is 56.1. The van der Waals surface area contributed by atoms with Gasteiger partial charge in [0.25, 0.3) is 0 Å². The summed E-state index contributed by atoms with van der Waals surface area (Å²) < 4.78 is 33.7. The summed E-state index contributed by atoms with van der Waals surface area (Å²) in [5.41, 5.74) is 5.40. The Morgan fingerprint density at radius 3 is 1.16 bits per heavy atom. The molecule has 0 radical (unpaired) electrons. The lowest BCUT2D eigenvalue weighted by Crippen LogP contribution is -2.28. The Kier molecular flexibility index (Phi) is 54.6. The highest BCUT2D eigenvalue weighted by Crippen LogP contribution is 2.43. The van der Waals surface area contributed by atoms with Gasteiger partial charge < -0.3 is 20.1 Å². The summed E-state index contributed by atoms with van der Waals surface area (Å²) in [5.74, 6) is -0.335. The van der Waals surface area contributed by atoms with E-state index in [1.807, 2.05) is 0 Å². The van der Waals surface area contributed by atoms with E-state index < -0.39 is 13.9 Å². The first-order valence-corrected chi connectivity index (χ1v) is 30.3. The fourth-order valence-electron chi connectivity index (χ4n) is 8.15. The van der Waals surface area contributed by atoms with Gasteiger partial charge >= 0.3 is 13.8 Å². The molecule has 0 saturated heterocycles. The summed E-state index contributed by atoms with van der Waals surface area (Å²) in [4.78, 5) is 22.7. The molecular weight excluding hydrogens is 866 g/mol. The summed E-state index contributed by atoms with van der Waals surface area (Å²) in [6.45, 7) is 4.92. The number of rotatable bonds is 55. The van der Waals surface area contributed by atoms with Gasteiger partial charge in [-0.3, -0.25) is 13.8 Å². The van der Waals surface area contributed by atoms with Gasteiger partial charge in [0.1, 0.15) is 6.10 Å². The van der Waals surface area contributed by atoms with Gasteiger partial charge in [0.2, 0.25) is 0 Å². The molecule has 2 unspecified atom stereocenters. The monoisotopic (exact) mass is 976 g/mol. The topological polar surface area (TPSA) is 117 Å². The van der Waals surface area contributed by atoms with E-state index in [4.69, 9.17) is 24.3 Å². The van der Waals surface area contributed by atoms with Crippen molar-refractivity contribution in [1.82, 2.24) is 0 Å². The van der Waals surface area contributed by atoms with Crippen LogP contribution in [0.3, 0.4) is 0 Å². The molecule has 0 bridgehead atoms. The van der Waals surface area contributed by atoms with Gasteiger partial charge in [-0.15, -0.1) is 0 Å². The van der Waals surface area contributed by atoms with Crippen molar-refractivity contribution in [3.05, 3.63) is 60.8 Å². The predicted octanol–water partition coefficient (Wildman–Crippen LogP) is 18.4. The fraction of sp³-hybridized carbons (Fsp3) is 0.814. The molecule has 68 heavy (non-hydrogen) atoms. The summed E-state index contributed by atoms with van der Waals surface area (Å²) >= 11 is 0. The third-order valence-electron chi connectivity index (χ3n) is 12.4. The Morgan fingerprint density at radius 2 is 0.779 bits per heavy atom. The van der Waals surface area contributed by atoms with Crippen molar-refractivity contribution in [2.24, 2.45) is 5.73 Å². The Morgan fingerprint density at radius 1 is 0.441 bits per heavy atom. The first-order valence-electron chi connectivity index (χ1n) is 28.8. The van der Waals surface area contributed by atoms with Gasteiger partial charge in [-0.05, 0) is 83.5 Å². The molecule has 0 aromatic carbocycles. The van der Waals surface area contributed by atoms with Gasteiger partial charge in [0, 0.05) is 19.6 Å². The zero-order chi connectivity index (χ0) is 49.4. The first kappa shape index (κ1) is 66.2. The molecule has 8 nitrogen and oxygen atoms in total. The summed E-state index contributed by atoms with van der Waals surface area (Å²) in [6.07, 6.45) is 71.3. The molecule has 0 aliphatic heterocycles. The van der Waals surface area contributed by atoms with Crippen LogP contribution in [-0.4, -0.2) is 49.9 Å². The fourth-order valence-corrected chi connectivity index (χ4v) is 8.92. The van der Waals surface area contributed by atoms with Crippen molar-refractivity contribution in [1.29, 1.82) is 0 Å². The Balaban J connectivity index is 3.90. The summed E-state index contributed by atoms with van der Waals surface area (Å²) in [6, 6.07) is 0. The zero-order valence-corrected chi connectivity index (χ0v) is 45.5. The Bertz CT molecular complexity index is 1230. The van der Waals surface area contributed by atoms with Crippen LogP contribution in [0.4, 0.5) is 0 Å². The number of esters is 1. The molecule has 0 rings (SSSR count). The number of carbonyl (C=O) groups is 1. The van der Waals surface area contributed by atoms with Crippen LogP contribution >= 0.6 is 7.82 Å². The number of hydrogen-bond acceptors (Lipinski definition) is 7. The lowest BCUT2D eigenvalue weighted by Gasteiger charge is -2.20. The van der Waals surface area contributed by atoms with Gasteiger partial charge in [-0.25, -0.2) is 4.57 Å². The number of allylic oxidation sites excluding steroid dienone is 10. The van der Waals surface area contributed by atoms with E-state index in [-0.39, 0.29) is 32.3 Å². The minimum absolute atomic E-state index is 0.0976. The van der Waals surface area contributed by atoms with Gasteiger partial charge in [-0.2, -0.15) is 0 Å². The van der Waals surface area contributed by atoms with E-state index in [1.54, 1.807) is 0 Å². The highest BCUT2D eigenvalue weighted by Gasteiger charge is 2.25. The molecule has 0 aliphatic rings. The lowest BCUT2D eigenvalue weighted by atomic mass is 10.0. The van der Waals surface area contributed by atoms with Gasteiger partial charge in [-0.1, -0.05) is 242 Å². The molecule has 0 aromatic rings. The molecule has 2 atom stereocenters. The third kappa shape index (κ3) is 55.1. The van der Waals surface area contributed by atoms with Crippen LogP contribution in [0.15, 0.2) is 60.8 Å². The number of carbonyl (C=O) groups excluding carboxylic acids is 1. The van der Waals surface area contributed by atoms with E-state index in [9.17, 15) is 14.3 Å². The molecule has 0 aromatic heterocycles. The second-order valence-electron chi connectivity index (χ2n) is 19.1. The van der Waals surface area contributed by atoms with Crippen LogP contribution in [0, 0.1) is 0 Å². The Hall–Kier alpha value is -1.80. The Labute approximate surface area is 421 Å². The van der Waals surface area contributed by atoms with Gasteiger partial charge in [0.15, 0.2) is 0 Å². The number of phosphoric acid groups is 1. The van der Waals surface area contributed by atoms with Crippen molar-refractivity contribution in [2.75, 3.05) is 33.0 Å². The molecule has 0 spiro atoms. The molecule has 9 heteroatoms. The number of ether oxygens (including phenoxy) is 2. The molecule has 0 heterocycles. The normalized spacial score (nSPS) is 13.6. The molecule has 0 amide bonds. The van der Waals surface area contributed by atoms with Crippen LogP contribution < -0.4 is 5.73 Å². The van der Waals surface area contributed by atoms with Crippen LogP contribution in [0.5, 0.6) is 0 Å². The molecule has 398 valence electrons. The van der Waals surface area contributed by atoms with E-state index in [0.717, 1.165) is 57.8 Å². The molecule has 0 fully saturated rings. The first-order chi connectivity index (χ1) is 33.4. The average molecular weight is 977 g/mol. The largest absolute Gasteiger partial charge is 0.472 e. The van der Waals surface area contributed by atoms with E-state index >= 15 is 0 Å². The SMILES string of the molecule is CCCCCCC/C=C\C/C=C\C/C=C\CCCCCCCCCCC(=O)OC(COCCCCCCCCCCCCCCCC/C=C\C/C=C\CCCCCCC)COP(=O)(O)OCCN. The van der Waals surface area contributed by atoms with Crippen LogP contribution in [0.1, 0.15) is 271 Å². The molecule has 3 N–H and O–H groups in total. The standard InChI is InChI=1S/C59H110NO7P/c1-3-5-7-9-11-13-15-17-19-21-23-25-27-28-29-31-33-35-37-39-41-43-45-47-49-51-54-64-56-58(57-66-68(62,63)65-55-53-60)67-59(61)52-50-48-46-44-42-40-38-36-34-32-30-26-24-22-20-18-16-14-12-10-8-6-4-2/h15-18,21-24,30,32,58H,3-14,19-20,25-29,31,33-57,60H2,1-2H3,(H,62,63)/b17-15-,18-16-,23-21-,24-22-,32-30-. The van der Waals surface area contributed by atoms with E-state index in [0.29, 0.717) is 13.0 Å². The minimum atomic E-state index is -4.29. The van der Waals surface area contributed by atoms with Crippen LogP contribution in [0.2, 0.25) is 0 Å². The highest BCUT2D eigenvalue weighted by molar-refractivity contribution is 7.47. The maximum Gasteiger partial charge on any atom is 0.472 e. The maximum atomic E-state index is 12.7. The summed E-state index contributed by atoms with van der Waals surface area (Å²) in [7, 11) is -4.29. The minimum Gasteiger partial charge on any atom is -0.457 e. The third-order valence-corrected chi connectivity index (χ3v) is 13.4. The number of unbranched alkanes of at least 4 members (excludes halogenated alkanes) is 32. The highest BCUT2D eigenvalue weighted by atomic mass is 31.2. The second-order valence-corrected chi connectivity index (χ2v) is 20.6. The van der Waals surface area contributed by atoms with Crippen molar-refractivity contribution in [3.63, 3.8) is 0 Å². The van der Waals surface area contributed by atoms with Gasteiger partial charge in [0.05, 0.1) is 19.8 Å². The number of nitrogens with two attached hydrogens (primary N) is 1. The number of hydrogen-bond donors (Lipinski definition) is 2. The predicted molar refractivity (Wildman–Crippen MR) is 293 cm³/mol. The number of phosphoric ester groups is 1. The zero-order valence-electron chi connectivity index (χ0n) is 44.6.